The van der Waals surface area contributed by atoms with Crippen molar-refractivity contribution in [1.82, 2.24) is 0 Å². The second kappa shape index (κ2) is 8.23. The van der Waals surface area contributed by atoms with E-state index in [4.69, 9.17) is 19.8 Å². The van der Waals surface area contributed by atoms with Crippen LogP contribution in [0.4, 0.5) is 0 Å². The summed E-state index contributed by atoms with van der Waals surface area (Å²) in [4.78, 5) is 18.0. The number of hydrogen-bond donors (Lipinski definition) is 1. The molecule has 0 aliphatic heterocycles. The Morgan fingerprint density at radius 1 is 1.00 bits per heavy atom. The SMILES string of the molecule is CC[N+](CC)(CC)CC.O=C([O-])C(=O)O. The summed E-state index contributed by atoms with van der Waals surface area (Å²) in [6.45, 7) is 14.2. The second-order valence-corrected chi connectivity index (χ2v) is 3.20. The molecule has 0 aromatic rings. The molecule has 0 saturated heterocycles. The number of rotatable bonds is 4. The topological polar surface area (TPSA) is 77.4 Å². The molecule has 90 valence electrons. The Balaban J connectivity index is 0. The Kier molecular flexibility index (Phi) is 8.96. The number of carbonyl (C=O) groups excluding carboxylic acids is 1. The van der Waals surface area contributed by atoms with E-state index in [9.17, 15) is 0 Å². The summed E-state index contributed by atoms with van der Waals surface area (Å²) in [5.74, 6) is -4.01. The molecule has 0 saturated carbocycles. The van der Waals surface area contributed by atoms with Gasteiger partial charge in [-0.05, 0) is 27.7 Å². The third-order valence-corrected chi connectivity index (χ3v) is 2.86. The van der Waals surface area contributed by atoms with Crippen LogP contribution < -0.4 is 5.11 Å². The fourth-order valence-electron chi connectivity index (χ4n) is 1.34. The fourth-order valence-corrected chi connectivity index (χ4v) is 1.34. The third kappa shape index (κ3) is 6.90. The van der Waals surface area contributed by atoms with Crippen molar-refractivity contribution < 1.29 is 24.3 Å². The average molecular weight is 219 g/mol. The van der Waals surface area contributed by atoms with Gasteiger partial charge in [-0.1, -0.05) is 0 Å². The van der Waals surface area contributed by atoms with E-state index < -0.39 is 11.9 Å². The van der Waals surface area contributed by atoms with Gasteiger partial charge < -0.3 is 19.5 Å². The molecule has 0 aromatic heterocycles. The molecule has 0 aliphatic carbocycles. The van der Waals surface area contributed by atoms with Gasteiger partial charge in [-0.2, -0.15) is 0 Å². The zero-order valence-electron chi connectivity index (χ0n) is 9.95. The minimum atomic E-state index is -2.07. The van der Waals surface area contributed by atoms with E-state index in [-0.39, 0.29) is 0 Å². The first-order valence-corrected chi connectivity index (χ1v) is 5.18. The lowest BCUT2D eigenvalue weighted by Crippen LogP contribution is -2.47. The van der Waals surface area contributed by atoms with Crippen molar-refractivity contribution in [2.75, 3.05) is 26.2 Å². The molecule has 0 rings (SSSR count). The highest BCUT2D eigenvalue weighted by Gasteiger charge is 2.16. The summed E-state index contributed by atoms with van der Waals surface area (Å²) in [6.07, 6.45) is 0. The average Bonchev–Trinajstić information content (AvgIpc) is 2.23. The van der Waals surface area contributed by atoms with E-state index in [0.717, 1.165) is 0 Å². The lowest BCUT2D eigenvalue weighted by atomic mass is 10.3. The summed E-state index contributed by atoms with van der Waals surface area (Å²) in [5, 5.41) is 16.3. The molecule has 0 atom stereocenters. The monoisotopic (exact) mass is 219 g/mol. The molecule has 15 heavy (non-hydrogen) atoms. The van der Waals surface area contributed by atoms with Gasteiger partial charge in [-0.15, -0.1) is 0 Å². The van der Waals surface area contributed by atoms with E-state index >= 15 is 0 Å². The number of aliphatic carboxylic acids is 2. The zero-order chi connectivity index (χ0) is 12.5. The summed E-state index contributed by atoms with van der Waals surface area (Å²) in [5.41, 5.74) is 0. The van der Waals surface area contributed by atoms with E-state index in [2.05, 4.69) is 27.7 Å². The Morgan fingerprint density at radius 2 is 1.20 bits per heavy atom. The zero-order valence-corrected chi connectivity index (χ0v) is 9.95. The highest BCUT2D eigenvalue weighted by Crippen LogP contribution is 2.03. The predicted octanol–water partition coefficient (Wildman–Crippen LogP) is -0.296. The van der Waals surface area contributed by atoms with Gasteiger partial charge in [0.05, 0.1) is 26.2 Å². The van der Waals surface area contributed by atoms with Crippen LogP contribution in [0.1, 0.15) is 27.7 Å². The second-order valence-electron chi connectivity index (χ2n) is 3.20. The highest BCUT2D eigenvalue weighted by atomic mass is 16.4. The molecule has 0 fully saturated rings. The van der Waals surface area contributed by atoms with Crippen LogP contribution in [-0.2, 0) is 9.59 Å². The summed E-state index contributed by atoms with van der Waals surface area (Å²) >= 11 is 0. The van der Waals surface area contributed by atoms with Crippen molar-refractivity contribution in [3.63, 3.8) is 0 Å². The molecule has 0 bridgehead atoms. The third-order valence-electron chi connectivity index (χ3n) is 2.86. The first-order valence-electron chi connectivity index (χ1n) is 5.18. The first-order chi connectivity index (χ1) is 6.89. The normalized spacial score (nSPS) is 10.1. The molecule has 0 radical (unpaired) electrons. The lowest BCUT2D eigenvalue weighted by Gasteiger charge is -2.34. The predicted molar refractivity (Wildman–Crippen MR) is 55.1 cm³/mol. The number of carbonyl (C=O) groups is 2. The van der Waals surface area contributed by atoms with Gasteiger partial charge in [-0.25, -0.2) is 4.79 Å². The van der Waals surface area contributed by atoms with Crippen LogP contribution in [0.15, 0.2) is 0 Å². The Morgan fingerprint density at radius 3 is 1.20 bits per heavy atom. The standard InChI is InChI=1S/C8H20N.C2H2O4/c1-5-9(6-2,7-3)8-4;3-1(4)2(5)6/h5-8H2,1-4H3;(H,3,4)(H,5,6)/q+1;/p-1. The maximum atomic E-state index is 9.04. The van der Waals surface area contributed by atoms with Gasteiger partial charge in [-0.3, -0.25) is 0 Å². The van der Waals surface area contributed by atoms with Crippen molar-refractivity contribution in [1.29, 1.82) is 0 Å². The summed E-state index contributed by atoms with van der Waals surface area (Å²) in [6, 6.07) is 0. The maximum Gasteiger partial charge on any atom is 0.351 e. The molecule has 0 heterocycles. The number of hydrogen-bond acceptors (Lipinski definition) is 3. The van der Waals surface area contributed by atoms with Gasteiger partial charge in [0.2, 0.25) is 0 Å². The summed E-state index contributed by atoms with van der Waals surface area (Å²) < 4.78 is 1.28. The quantitative estimate of drug-likeness (QED) is 0.520. The smallest absolute Gasteiger partial charge is 0.351 e. The molecule has 0 aromatic carbocycles. The molecule has 5 nitrogen and oxygen atoms in total. The molecular formula is C10H21NO4. The molecule has 0 aliphatic rings. The Labute approximate surface area is 90.9 Å². The van der Waals surface area contributed by atoms with Crippen LogP contribution in [0.25, 0.3) is 0 Å². The lowest BCUT2D eigenvalue weighted by molar-refractivity contribution is -0.921. The molecule has 1 N–H and O–H groups in total. The minimum Gasteiger partial charge on any atom is -0.539 e. The van der Waals surface area contributed by atoms with Crippen LogP contribution in [0, 0.1) is 0 Å². The summed E-state index contributed by atoms with van der Waals surface area (Å²) in [7, 11) is 0. The molecule has 0 spiro atoms. The molecule has 5 heteroatoms. The van der Waals surface area contributed by atoms with Crippen LogP contribution in [0.2, 0.25) is 0 Å². The van der Waals surface area contributed by atoms with Gasteiger partial charge in [0.1, 0.15) is 0 Å². The van der Waals surface area contributed by atoms with E-state index in [1.807, 2.05) is 0 Å². The van der Waals surface area contributed by atoms with Crippen molar-refractivity contribution in [2.24, 2.45) is 0 Å². The van der Waals surface area contributed by atoms with E-state index in [0.29, 0.717) is 0 Å². The van der Waals surface area contributed by atoms with E-state index in [1.165, 1.54) is 30.7 Å². The van der Waals surface area contributed by atoms with Crippen LogP contribution >= 0.6 is 0 Å². The number of nitrogens with zero attached hydrogens (tertiary/aromatic N) is 1. The number of quaternary nitrogens is 1. The fraction of sp³-hybridized carbons (Fsp3) is 0.800. The van der Waals surface area contributed by atoms with Gasteiger partial charge in [0.25, 0.3) is 0 Å². The molecule has 0 amide bonds. The molecule has 0 unspecified atom stereocenters. The largest absolute Gasteiger partial charge is 0.539 e. The molecular weight excluding hydrogens is 198 g/mol. The van der Waals surface area contributed by atoms with Crippen LogP contribution in [0.3, 0.4) is 0 Å². The maximum absolute atomic E-state index is 9.04. The van der Waals surface area contributed by atoms with Crippen molar-refractivity contribution >= 4 is 11.9 Å². The minimum absolute atomic E-state index is 1.28. The number of carboxylic acid groups (broad SMARTS) is 2. The van der Waals surface area contributed by atoms with Crippen LogP contribution in [0.5, 0.6) is 0 Å². The van der Waals surface area contributed by atoms with Crippen molar-refractivity contribution in [3.8, 4) is 0 Å². The van der Waals surface area contributed by atoms with Gasteiger partial charge >= 0.3 is 5.97 Å². The van der Waals surface area contributed by atoms with Crippen molar-refractivity contribution in [2.45, 2.75) is 27.7 Å². The van der Waals surface area contributed by atoms with Crippen molar-refractivity contribution in [3.05, 3.63) is 0 Å². The van der Waals surface area contributed by atoms with Crippen LogP contribution in [-0.4, -0.2) is 47.7 Å². The Bertz CT molecular complexity index is 170. The highest BCUT2D eigenvalue weighted by molar-refractivity contribution is 6.26. The first kappa shape index (κ1) is 16.3. The van der Waals surface area contributed by atoms with E-state index in [1.54, 1.807) is 0 Å². The Hall–Kier alpha value is -1.10. The van der Waals surface area contributed by atoms with Gasteiger partial charge in [0, 0.05) is 0 Å². The number of carboxylic acids is 2. The van der Waals surface area contributed by atoms with Gasteiger partial charge in [0.15, 0.2) is 5.97 Å².